The molecule has 31 heavy (non-hydrogen) atoms. The van der Waals surface area contributed by atoms with E-state index in [0.29, 0.717) is 19.5 Å². The van der Waals surface area contributed by atoms with Crippen LogP contribution in [0.3, 0.4) is 0 Å². The van der Waals surface area contributed by atoms with Crippen LogP contribution in [0.4, 0.5) is 4.79 Å². The van der Waals surface area contributed by atoms with E-state index >= 15 is 0 Å². The van der Waals surface area contributed by atoms with Gasteiger partial charge in [-0.05, 0) is 57.6 Å². The lowest BCUT2D eigenvalue weighted by Gasteiger charge is -2.35. The maximum atomic E-state index is 13.1. The minimum atomic E-state index is -0.600. The van der Waals surface area contributed by atoms with E-state index in [1.165, 1.54) is 0 Å². The van der Waals surface area contributed by atoms with Crippen LogP contribution in [0.5, 0.6) is 0 Å². The first-order valence-electron chi connectivity index (χ1n) is 11.1. The summed E-state index contributed by atoms with van der Waals surface area (Å²) in [5, 5.41) is 3.29. The molecule has 1 fully saturated rings. The monoisotopic (exact) mass is 422 g/mol. The van der Waals surface area contributed by atoms with Crippen molar-refractivity contribution >= 4 is 12.0 Å². The van der Waals surface area contributed by atoms with Gasteiger partial charge in [0.15, 0.2) is 0 Å². The highest BCUT2D eigenvalue weighted by Gasteiger charge is 2.32. The van der Waals surface area contributed by atoms with Gasteiger partial charge >= 0.3 is 6.09 Å². The molecule has 0 atom stereocenters. The van der Waals surface area contributed by atoms with Gasteiger partial charge in [0.1, 0.15) is 5.60 Å². The third-order valence-corrected chi connectivity index (χ3v) is 5.83. The minimum absolute atomic E-state index is 0.0333. The van der Waals surface area contributed by atoms with Gasteiger partial charge in [-0.1, -0.05) is 60.7 Å². The van der Waals surface area contributed by atoms with Crippen LogP contribution in [-0.4, -0.2) is 35.6 Å². The standard InChI is InChI=1S/C26H34N2O3/c1-25(2,3)31-24(30)28-17-15-20(16-18-28)19-23(29)27-26(4,21-11-7-5-8-12-21)22-13-9-6-10-14-22/h5-14,20H,15-19H2,1-4H3,(H,27,29). The molecule has 2 aromatic rings. The van der Waals surface area contributed by atoms with Gasteiger partial charge in [-0.25, -0.2) is 4.79 Å². The second kappa shape index (κ2) is 9.54. The third-order valence-electron chi connectivity index (χ3n) is 5.83. The normalized spacial score (nSPS) is 15.4. The Labute approximate surface area is 185 Å². The number of hydrogen-bond acceptors (Lipinski definition) is 3. The first kappa shape index (κ1) is 22.9. The fraction of sp³-hybridized carbons (Fsp3) is 0.462. The van der Waals surface area contributed by atoms with E-state index in [-0.39, 0.29) is 17.9 Å². The average Bonchev–Trinajstić information content (AvgIpc) is 2.74. The summed E-state index contributed by atoms with van der Waals surface area (Å²) in [6.07, 6.45) is 1.80. The highest BCUT2D eigenvalue weighted by Crippen LogP contribution is 2.30. The van der Waals surface area contributed by atoms with Crippen LogP contribution in [0.25, 0.3) is 0 Å². The highest BCUT2D eigenvalue weighted by molar-refractivity contribution is 5.78. The van der Waals surface area contributed by atoms with E-state index in [9.17, 15) is 9.59 Å². The summed E-state index contributed by atoms with van der Waals surface area (Å²) in [5.41, 5.74) is 1.01. The summed E-state index contributed by atoms with van der Waals surface area (Å²) in [7, 11) is 0. The van der Waals surface area contributed by atoms with Crippen molar-refractivity contribution in [2.75, 3.05) is 13.1 Å². The summed E-state index contributed by atoms with van der Waals surface area (Å²) in [4.78, 5) is 27.1. The van der Waals surface area contributed by atoms with Gasteiger partial charge in [0.05, 0.1) is 5.54 Å². The van der Waals surface area contributed by atoms with Gasteiger partial charge in [-0.3, -0.25) is 4.79 Å². The van der Waals surface area contributed by atoms with E-state index in [1.54, 1.807) is 4.90 Å². The number of hydrogen-bond donors (Lipinski definition) is 1. The van der Waals surface area contributed by atoms with Crippen LogP contribution in [0.1, 0.15) is 58.1 Å². The molecule has 166 valence electrons. The van der Waals surface area contributed by atoms with Crippen molar-refractivity contribution in [3.63, 3.8) is 0 Å². The Morgan fingerprint density at radius 1 is 0.903 bits per heavy atom. The minimum Gasteiger partial charge on any atom is -0.444 e. The molecular weight excluding hydrogens is 388 g/mol. The maximum absolute atomic E-state index is 13.1. The molecule has 0 aromatic heterocycles. The molecule has 2 aromatic carbocycles. The number of rotatable bonds is 5. The summed E-state index contributed by atoms with van der Waals surface area (Å²) in [6.45, 7) is 8.93. The molecule has 1 aliphatic heterocycles. The number of carbonyl (C=O) groups excluding carboxylic acids is 2. The van der Waals surface area contributed by atoms with Crippen molar-refractivity contribution in [3.05, 3.63) is 71.8 Å². The van der Waals surface area contributed by atoms with E-state index in [0.717, 1.165) is 24.0 Å². The van der Waals surface area contributed by atoms with Gasteiger partial charge in [0.25, 0.3) is 0 Å². The summed E-state index contributed by atoms with van der Waals surface area (Å²) in [5.74, 6) is 0.292. The zero-order chi connectivity index (χ0) is 22.5. The number of amides is 2. The highest BCUT2D eigenvalue weighted by atomic mass is 16.6. The Hall–Kier alpha value is -2.82. The maximum Gasteiger partial charge on any atom is 0.410 e. The summed E-state index contributed by atoms with van der Waals surface area (Å²) in [6, 6.07) is 20.1. The van der Waals surface area contributed by atoms with Gasteiger partial charge in [-0.2, -0.15) is 0 Å². The second-order valence-electron chi connectivity index (χ2n) is 9.52. The van der Waals surface area contributed by atoms with E-state index in [2.05, 4.69) is 12.2 Å². The van der Waals surface area contributed by atoms with E-state index in [4.69, 9.17) is 4.74 Å². The van der Waals surface area contributed by atoms with E-state index in [1.807, 2.05) is 81.4 Å². The Kier molecular flexibility index (Phi) is 7.04. The predicted molar refractivity (Wildman–Crippen MR) is 123 cm³/mol. The molecule has 2 amide bonds. The van der Waals surface area contributed by atoms with Crippen molar-refractivity contribution in [1.29, 1.82) is 0 Å². The molecule has 0 bridgehead atoms. The predicted octanol–water partition coefficient (Wildman–Crippen LogP) is 5.10. The number of likely N-dealkylation sites (tertiary alicyclic amines) is 1. The first-order valence-corrected chi connectivity index (χ1v) is 11.1. The van der Waals surface area contributed by atoms with Gasteiger partial charge in [0, 0.05) is 19.5 Å². The Morgan fingerprint density at radius 3 is 1.84 bits per heavy atom. The fourth-order valence-corrected chi connectivity index (χ4v) is 4.09. The topological polar surface area (TPSA) is 58.6 Å². The van der Waals surface area contributed by atoms with Crippen LogP contribution in [-0.2, 0) is 15.1 Å². The Bertz CT molecular complexity index is 827. The largest absolute Gasteiger partial charge is 0.444 e. The molecule has 1 N–H and O–H groups in total. The van der Waals surface area contributed by atoms with Crippen LogP contribution in [0, 0.1) is 5.92 Å². The molecule has 0 spiro atoms. The van der Waals surface area contributed by atoms with Crippen molar-refractivity contribution in [2.24, 2.45) is 5.92 Å². The van der Waals surface area contributed by atoms with Gasteiger partial charge in [0.2, 0.25) is 5.91 Å². The molecule has 0 saturated carbocycles. The zero-order valence-electron chi connectivity index (χ0n) is 19.1. The van der Waals surface area contributed by atoms with Crippen LogP contribution < -0.4 is 5.32 Å². The molecule has 0 unspecified atom stereocenters. The number of ether oxygens (including phenoxy) is 1. The van der Waals surface area contributed by atoms with E-state index < -0.39 is 11.1 Å². The van der Waals surface area contributed by atoms with Crippen molar-refractivity contribution in [1.82, 2.24) is 10.2 Å². The molecular formula is C26H34N2O3. The summed E-state index contributed by atoms with van der Waals surface area (Å²) < 4.78 is 5.47. The molecule has 5 heteroatoms. The number of piperidine rings is 1. The lowest BCUT2D eigenvalue weighted by molar-refractivity contribution is -0.123. The zero-order valence-corrected chi connectivity index (χ0v) is 19.1. The fourth-order valence-electron chi connectivity index (χ4n) is 4.09. The molecule has 0 radical (unpaired) electrons. The third kappa shape index (κ3) is 6.09. The molecule has 5 nitrogen and oxygen atoms in total. The van der Waals surface area contributed by atoms with Gasteiger partial charge < -0.3 is 15.0 Å². The Balaban J connectivity index is 1.62. The lowest BCUT2D eigenvalue weighted by atomic mass is 9.84. The van der Waals surface area contributed by atoms with Crippen LogP contribution in [0.15, 0.2) is 60.7 Å². The average molecular weight is 423 g/mol. The molecule has 1 saturated heterocycles. The molecule has 3 rings (SSSR count). The summed E-state index contributed by atoms with van der Waals surface area (Å²) >= 11 is 0. The molecule has 1 aliphatic rings. The van der Waals surface area contributed by atoms with Gasteiger partial charge in [-0.15, -0.1) is 0 Å². The number of nitrogens with one attached hydrogen (secondary N) is 1. The van der Waals surface area contributed by atoms with Crippen molar-refractivity contribution < 1.29 is 14.3 Å². The smallest absolute Gasteiger partial charge is 0.410 e. The number of carbonyl (C=O) groups is 2. The first-order chi connectivity index (χ1) is 14.7. The molecule has 1 heterocycles. The number of benzene rings is 2. The van der Waals surface area contributed by atoms with Crippen molar-refractivity contribution in [3.8, 4) is 0 Å². The quantitative estimate of drug-likeness (QED) is 0.729. The van der Waals surface area contributed by atoms with Crippen LogP contribution in [0.2, 0.25) is 0 Å². The van der Waals surface area contributed by atoms with Crippen LogP contribution >= 0.6 is 0 Å². The SMILES string of the molecule is CC(C)(C)OC(=O)N1CCC(CC(=O)NC(C)(c2ccccc2)c2ccccc2)CC1. The molecule has 0 aliphatic carbocycles. The second-order valence-corrected chi connectivity index (χ2v) is 9.52. The number of nitrogens with zero attached hydrogens (tertiary/aromatic N) is 1. The Morgan fingerprint density at radius 2 is 1.39 bits per heavy atom. The van der Waals surface area contributed by atoms with Crippen molar-refractivity contribution in [2.45, 2.75) is 58.1 Å². The lowest BCUT2D eigenvalue weighted by Crippen LogP contribution is -2.46.